The number of carbonyl (C=O) groups excluding carboxylic acids is 2. The molecule has 0 aromatic carbocycles. The molecule has 10 nitrogen and oxygen atoms in total. The van der Waals surface area contributed by atoms with Crippen molar-refractivity contribution >= 4 is 22.0 Å². The first kappa shape index (κ1) is 27.1. The highest BCUT2D eigenvalue weighted by Gasteiger charge is 2.52. The lowest BCUT2D eigenvalue weighted by Crippen LogP contribution is -2.59. The molecule has 2 aromatic heterocycles. The molecule has 0 amide bonds. The third-order valence-corrected chi connectivity index (χ3v) is 7.77. The molecule has 1 aliphatic heterocycles. The molecule has 2 aromatic rings. The molecule has 2 atom stereocenters. The molecule has 1 saturated heterocycles. The van der Waals surface area contributed by atoms with E-state index < -0.39 is 38.8 Å². The molecule has 4 rings (SSSR count). The van der Waals surface area contributed by atoms with E-state index in [2.05, 4.69) is 14.3 Å². The van der Waals surface area contributed by atoms with Crippen LogP contribution < -0.4 is 0 Å². The van der Waals surface area contributed by atoms with Crippen molar-refractivity contribution < 1.29 is 39.8 Å². The van der Waals surface area contributed by atoms with E-state index in [-0.39, 0.29) is 37.2 Å². The predicted molar refractivity (Wildman–Crippen MR) is 123 cm³/mol. The standard InChI is InChI=1S/C23H21F4N5O5S/c1-15(16-3-4-21(28-9-16)32-11-17(24)10-29-32)31-12-18(13-33)30(2)22(20(31)14-34)7-5-19(6-8-22)37-38(35,36)23(25,26)27/h3-5,9-11,15H,6-8,12H2,1-2H3/t15-,22?/m0/s1. The average Bonchev–Trinajstić information content (AvgIpc) is 3.32. The van der Waals surface area contributed by atoms with Gasteiger partial charge >= 0.3 is 15.6 Å². The average molecular weight is 556 g/mol. The van der Waals surface area contributed by atoms with Crippen molar-refractivity contribution in [3.63, 3.8) is 0 Å². The lowest BCUT2D eigenvalue weighted by atomic mass is 9.78. The molecule has 15 heteroatoms. The molecule has 202 valence electrons. The van der Waals surface area contributed by atoms with Gasteiger partial charge in [0.2, 0.25) is 0 Å². The van der Waals surface area contributed by atoms with Crippen LogP contribution in [0.2, 0.25) is 0 Å². The Morgan fingerprint density at radius 3 is 2.42 bits per heavy atom. The van der Waals surface area contributed by atoms with Gasteiger partial charge in [-0.2, -0.15) is 26.7 Å². The number of likely N-dealkylation sites (N-methyl/N-ethyl adjacent to an activating group) is 1. The normalized spacial score (nSPS) is 21.2. The molecule has 3 heterocycles. The Balaban J connectivity index is 1.64. The first-order chi connectivity index (χ1) is 17.8. The Morgan fingerprint density at radius 2 is 1.92 bits per heavy atom. The zero-order chi connectivity index (χ0) is 27.9. The van der Waals surface area contributed by atoms with Crippen LogP contribution in [0.4, 0.5) is 17.6 Å². The minimum atomic E-state index is -5.85. The predicted octanol–water partition coefficient (Wildman–Crippen LogP) is 2.82. The number of rotatable bonds is 5. The number of pyridine rings is 1. The fourth-order valence-corrected chi connectivity index (χ4v) is 5.13. The van der Waals surface area contributed by atoms with Crippen LogP contribution in [0.25, 0.3) is 5.82 Å². The van der Waals surface area contributed by atoms with Gasteiger partial charge in [0, 0.05) is 19.7 Å². The van der Waals surface area contributed by atoms with Gasteiger partial charge in [0.25, 0.3) is 0 Å². The fourth-order valence-electron chi connectivity index (χ4n) is 4.60. The Hall–Kier alpha value is -3.93. The van der Waals surface area contributed by atoms with E-state index in [9.17, 15) is 35.6 Å². The summed E-state index contributed by atoms with van der Waals surface area (Å²) in [6, 6.07) is 2.77. The summed E-state index contributed by atoms with van der Waals surface area (Å²) >= 11 is 0. The number of piperazine rings is 1. The van der Waals surface area contributed by atoms with E-state index in [1.807, 2.05) is 11.9 Å². The number of alkyl halides is 3. The molecule has 0 N–H and O–H groups in total. The van der Waals surface area contributed by atoms with Crippen molar-refractivity contribution in [2.75, 3.05) is 13.6 Å². The summed E-state index contributed by atoms with van der Waals surface area (Å²) < 4.78 is 79.9. The van der Waals surface area contributed by atoms with Gasteiger partial charge in [-0.25, -0.2) is 23.6 Å². The van der Waals surface area contributed by atoms with Gasteiger partial charge in [-0.1, -0.05) is 6.07 Å². The Bertz CT molecular complexity index is 1470. The smallest absolute Gasteiger partial charge is 0.381 e. The summed E-state index contributed by atoms with van der Waals surface area (Å²) in [4.78, 5) is 31.5. The first-order valence-electron chi connectivity index (χ1n) is 11.2. The maximum absolute atomic E-state index is 13.3. The molecule has 2 aliphatic rings. The third-order valence-electron chi connectivity index (χ3n) is 6.77. The largest absolute Gasteiger partial charge is 0.534 e. The topological polar surface area (TPSA) is 115 Å². The molecule has 1 fully saturated rings. The van der Waals surface area contributed by atoms with Crippen LogP contribution in [0.15, 0.2) is 54.0 Å². The lowest BCUT2D eigenvalue weighted by molar-refractivity contribution is -0.0526. The number of aromatic nitrogens is 3. The van der Waals surface area contributed by atoms with Crippen LogP contribution in [0.1, 0.15) is 37.8 Å². The van der Waals surface area contributed by atoms with E-state index in [1.165, 1.54) is 15.8 Å². The summed E-state index contributed by atoms with van der Waals surface area (Å²) in [5.74, 6) is 3.18. The van der Waals surface area contributed by atoms with E-state index in [0.29, 0.717) is 11.4 Å². The van der Waals surface area contributed by atoms with Crippen LogP contribution in [-0.2, 0) is 23.9 Å². The zero-order valence-electron chi connectivity index (χ0n) is 20.1. The highest BCUT2D eigenvalue weighted by molar-refractivity contribution is 7.87. The second kappa shape index (κ2) is 9.75. The van der Waals surface area contributed by atoms with Gasteiger partial charge in [-0.15, -0.1) is 0 Å². The summed E-state index contributed by atoms with van der Waals surface area (Å²) in [5.41, 5.74) is -5.87. The number of allylic oxidation sites excluding steroid dienone is 1. The van der Waals surface area contributed by atoms with Crippen LogP contribution in [0, 0.1) is 5.82 Å². The molecule has 38 heavy (non-hydrogen) atoms. The van der Waals surface area contributed by atoms with E-state index in [1.54, 1.807) is 31.0 Å². The highest BCUT2D eigenvalue weighted by atomic mass is 32.2. The van der Waals surface area contributed by atoms with Crippen molar-refractivity contribution in [3.8, 4) is 5.82 Å². The molecule has 0 saturated carbocycles. The maximum atomic E-state index is 13.3. The Morgan fingerprint density at radius 1 is 1.18 bits per heavy atom. The first-order valence-corrected chi connectivity index (χ1v) is 12.6. The second-order valence-electron chi connectivity index (χ2n) is 8.80. The SMILES string of the molecule is C[C@@H](c1ccc(-n2cc(F)cn2)nc1)N1CC(=C=O)N(C)C2(CC=C(OS(=O)(=O)C(F)(F)F)CC2)C1=C=O. The summed E-state index contributed by atoms with van der Waals surface area (Å²) in [5, 5.41) is 3.85. The Labute approximate surface area is 214 Å². The van der Waals surface area contributed by atoms with Crippen molar-refractivity contribution in [1.82, 2.24) is 24.6 Å². The highest BCUT2D eigenvalue weighted by Crippen LogP contribution is 2.46. The molecule has 0 bridgehead atoms. The van der Waals surface area contributed by atoms with Gasteiger partial charge in [-0.3, -0.25) is 0 Å². The van der Waals surface area contributed by atoms with Crippen LogP contribution in [0.5, 0.6) is 0 Å². The molecule has 0 radical (unpaired) electrons. The summed E-state index contributed by atoms with van der Waals surface area (Å²) in [7, 11) is -4.30. The van der Waals surface area contributed by atoms with E-state index in [4.69, 9.17) is 0 Å². The number of nitrogens with zero attached hydrogens (tertiary/aromatic N) is 5. The number of hydrogen-bond donors (Lipinski definition) is 0. The van der Waals surface area contributed by atoms with Crippen LogP contribution >= 0.6 is 0 Å². The van der Waals surface area contributed by atoms with Gasteiger partial charge in [0.15, 0.2) is 11.6 Å². The van der Waals surface area contributed by atoms with E-state index in [0.717, 1.165) is 18.5 Å². The van der Waals surface area contributed by atoms with E-state index >= 15 is 0 Å². The van der Waals surface area contributed by atoms with Crippen molar-refractivity contribution in [2.24, 2.45) is 0 Å². The molecular weight excluding hydrogens is 534 g/mol. The zero-order valence-corrected chi connectivity index (χ0v) is 20.9. The van der Waals surface area contributed by atoms with Gasteiger partial charge in [-0.05, 0) is 37.5 Å². The second-order valence-corrected chi connectivity index (χ2v) is 10.3. The van der Waals surface area contributed by atoms with Crippen molar-refractivity contribution in [1.29, 1.82) is 0 Å². The number of hydrogen-bond acceptors (Lipinski definition) is 9. The summed E-state index contributed by atoms with van der Waals surface area (Å²) in [6.07, 6.45) is 4.43. The van der Waals surface area contributed by atoms with Crippen LogP contribution in [-0.4, -0.2) is 69.5 Å². The van der Waals surface area contributed by atoms with Crippen LogP contribution in [0.3, 0.4) is 0 Å². The van der Waals surface area contributed by atoms with Crippen molar-refractivity contribution in [3.05, 3.63) is 65.3 Å². The van der Waals surface area contributed by atoms with Gasteiger partial charge in [0.1, 0.15) is 29.0 Å². The molecular formula is C23H21F4N5O5S. The molecule has 1 aliphatic carbocycles. The minimum absolute atomic E-state index is 0.0187. The van der Waals surface area contributed by atoms with Gasteiger partial charge < -0.3 is 14.0 Å². The summed E-state index contributed by atoms with van der Waals surface area (Å²) in [6.45, 7) is 1.74. The maximum Gasteiger partial charge on any atom is 0.534 e. The quantitative estimate of drug-likeness (QED) is 0.238. The molecule has 1 unspecified atom stereocenters. The van der Waals surface area contributed by atoms with Crippen molar-refractivity contribution in [2.45, 2.75) is 43.3 Å². The molecule has 1 spiro atoms. The monoisotopic (exact) mass is 555 g/mol. The minimum Gasteiger partial charge on any atom is -0.381 e. The Kier molecular flexibility index (Phi) is 6.96. The fraction of sp³-hybridized carbons (Fsp3) is 0.391. The lowest BCUT2D eigenvalue weighted by Gasteiger charge is -2.53. The van der Waals surface area contributed by atoms with Gasteiger partial charge in [0.05, 0.1) is 30.5 Å². The third kappa shape index (κ3) is 4.71. The number of halogens is 4.